The van der Waals surface area contributed by atoms with Gasteiger partial charge < -0.3 is 20.5 Å². The van der Waals surface area contributed by atoms with Crippen molar-refractivity contribution in [3.05, 3.63) is 29.8 Å². The van der Waals surface area contributed by atoms with Crippen molar-refractivity contribution in [3.8, 4) is 5.75 Å². The minimum atomic E-state index is -0.464. The Hall–Kier alpha value is -1.17. The van der Waals surface area contributed by atoms with Crippen molar-refractivity contribution in [1.29, 1.82) is 0 Å². The van der Waals surface area contributed by atoms with E-state index in [1.165, 1.54) is 12.8 Å². The molecule has 1 saturated heterocycles. The monoisotopic (exact) mass is 308 g/mol. The number of ether oxygens (including phenoxy) is 1. The van der Waals surface area contributed by atoms with Gasteiger partial charge in [-0.1, -0.05) is 19.1 Å². The maximum atomic E-state index is 10.1. The number of rotatable bonds is 6. The van der Waals surface area contributed by atoms with Crippen LogP contribution in [-0.2, 0) is 0 Å². The normalized spacial score (nSPS) is 18.4. The fourth-order valence-electron chi connectivity index (χ4n) is 2.50. The largest absolute Gasteiger partial charge is 0.491 e. The van der Waals surface area contributed by atoms with Crippen LogP contribution in [0.15, 0.2) is 24.3 Å². The molecule has 2 rings (SSSR count). The first-order chi connectivity index (χ1) is 10.0. The first kappa shape index (κ1) is 16.2. The number of nitrogens with zero attached hydrogens (tertiary/aromatic N) is 1. The summed E-state index contributed by atoms with van der Waals surface area (Å²) < 4.78 is 5.60. The van der Waals surface area contributed by atoms with Crippen LogP contribution in [0.25, 0.3) is 0 Å². The Balaban J connectivity index is 1.73. The molecule has 1 aromatic carbocycles. The van der Waals surface area contributed by atoms with Crippen molar-refractivity contribution in [3.63, 3.8) is 0 Å². The van der Waals surface area contributed by atoms with Crippen molar-refractivity contribution in [2.75, 3.05) is 26.2 Å². The van der Waals surface area contributed by atoms with Crippen molar-refractivity contribution >= 4 is 17.2 Å². The molecular weight excluding hydrogens is 284 g/mol. The van der Waals surface area contributed by atoms with E-state index in [0.717, 1.165) is 30.3 Å². The molecule has 4 nitrogen and oxygen atoms in total. The van der Waals surface area contributed by atoms with E-state index in [4.69, 9.17) is 22.7 Å². The van der Waals surface area contributed by atoms with Gasteiger partial charge in [0.15, 0.2) is 0 Å². The SMILES string of the molecule is CC1CCN(CC(O)COc2ccc(C(N)=S)cc2)CC1. The summed E-state index contributed by atoms with van der Waals surface area (Å²) in [5.74, 6) is 1.53. The highest BCUT2D eigenvalue weighted by molar-refractivity contribution is 7.80. The molecule has 116 valence electrons. The van der Waals surface area contributed by atoms with Crippen LogP contribution in [0.3, 0.4) is 0 Å². The molecule has 21 heavy (non-hydrogen) atoms. The Morgan fingerprint density at radius 3 is 2.57 bits per heavy atom. The summed E-state index contributed by atoms with van der Waals surface area (Å²) >= 11 is 4.90. The first-order valence-electron chi connectivity index (χ1n) is 7.47. The van der Waals surface area contributed by atoms with Gasteiger partial charge in [-0.15, -0.1) is 0 Å². The Morgan fingerprint density at radius 1 is 1.38 bits per heavy atom. The quantitative estimate of drug-likeness (QED) is 0.785. The fraction of sp³-hybridized carbons (Fsp3) is 0.562. The summed E-state index contributed by atoms with van der Waals surface area (Å²) in [4.78, 5) is 2.69. The molecule has 1 fully saturated rings. The third kappa shape index (κ3) is 5.26. The summed E-state index contributed by atoms with van der Waals surface area (Å²) in [7, 11) is 0. The number of likely N-dealkylation sites (tertiary alicyclic amines) is 1. The average Bonchev–Trinajstić information content (AvgIpc) is 2.48. The Morgan fingerprint density at radius 2 is 2.00 bits per heavy atom. The van der Waals surface area contributed by atoms with Crippen LogP contribution in [0, 0.1) is 5.92 Å². The number of piperidine rings is 1. The highest BCUT2D eigenvalue weighted by Crippen LogP contribution is 2.16. The third-order valence-electron chi connectivity index (χ3n) is 3.93. The molecule has 0 spiro atoms. The van der Waals surface area contributed by atoms with Crippen LogP contribution < -0.4 is 10.5 Å². The zero-order valence-electron chi connectivity index (χ0n) is 12.5. The molecule has 1 atom stereocenters. The van der Waals surface area contributed by atoms with E-state index >= 15 is 0 Å². The number of aliphatic hydroxyl groups excluding tert-OH is 1. The predicted molar refractivity (Wildman–Crippen MR) is 88.7 cm³/mol. The Labute approximate surface area is 131 Å². The highest BCUT2D eigenvalue weighted by atomic mass is 32.1. The second-order valence-corrected chi connectivity index (χ2v) is 6.28. The van der Waals surface area contributed by atoms with Crippen molar-refractivity contribution in [1.82, 2.24) is 4.90 Å². The number of aliphatic hydroxyl groups is 1. The second-order valence-electron chi connectivity index (χ2n) is 5.84. The summed E-state index contributed by atoms with van der Waals surface area (Å²) in [5.41, 5.74) is 6.36. The van der Waals surface area contributed by atoms with E-state index in [1.807, 2.05) is 24.3 Å². The number of thiocarbonyl (C=S) groups is 1. The molecular formula is C16H24N2O2S. The van der Waals surface area contributed by atoms with Crippen LogP contribution in [0.4, 0.5) is 0 Å². The number of nitrogens with two attached hydrogens (primary N) is 1. The summed E-state index contributed by atoms with van der Waals surface area (Å²) in [6.07, 6.45) is 1.97. The molecule has 0 radical (unpaired) electrons. The van der Waals surface area contributed by atoms with Gasteiger partial charge in [-0.05, 0) is 56.1 Å². The van der Waals surface area contributed by atoms with Gasteiger partial charge >= 0.3 is 0 Å². The lowest BCUT2D eigenvalue weighted by molar-refractivity contribution is 0.0563. The van der Waals surface area contributed by atoms with Crippen LogP contribution in [-0.4, -0.2) is 47.3 Å². The third-order valence-corrected chi connectivity index (χ3v) is 4.16. The molecule has 3 N–H and O–H groups in total. The molecule has 0 aliphatic carbocycles. The van der Waals surface area contributed by atoms with Gasteiger partial charge in [-0.25, -0.2) is 0 Å². The Kier molecular flexibility index (Phi) is 5.96. The second kappa shape index (κ2) is 7.73. The van der Waals surface area contributed by atoms with Crippen LogP contribution in [0.2, 0.25) is 0 Å². The smallest absolute Gasteiger partial charge is 0.119 e. The molecule has 0 bridgehead atoms. The van der Waals surface area contributed by atoms with E-state index in [-0.39, 0.29) is 0 Å². The standard InChI is InChI=1S/C16H24N2O2S/c1-12-6-8-18(9-7-12)10-14(19)11-20-15-4-2-13(3-5-15)16(17)21/h2-5,12,14,19H,6-11H2,1H3,(H2,17,21). The lowest BCUT2D eigenvalue weighted by Gasteiger charge is -2.31. The maximum absolute atomic E-state index is 10.1. The Bertz CT molecular complexity index is 456. The zero-order chi connectivity index (χ0) is 15.2. The molecule has 1 aliphatic rings. The van der Waals surface area contributed by atoms with E-state index in [9.17, 15) is 5.11 Å². The summed E-state index contributed by atoms with van der Waals surface area (Å²) in [5, 5.41) is 10.1. The molecule has 0 saturated carbocycles. The molecule has 0 aromatic heterocycles. The van der Waals surface area contributed by atoms with E-state index in [0.29, 0.717) is 18.1 Å². The van der Waals surface area contributed by atoms with Gasteiger partial charge in [0.25, 0.3) is 0 Å². The lowest BCUT2D eigenvalue weighted by Crippen LogP contribution is -2.40. The molecule has 5 heteroatoms. The van der Waals surface area contributed by atoms with Crippen LogP contribution >= 0.6 is 12.2 Å². The van der Waals surface area contributed by atoms with Gasteiger partial charge in [-0.2, -0.15) is 0 Å². The first-order valence-corrected chi connectivity index (χ1v) is 7.88. The van der Waals surface area contributed by atoms with E-state index in [2.05, 4.69) is 11.8 Å². The molecule has 0 amide bonds. The minimum absolute atomic E-state index is 0.304. The molecule has 1 unspecified atom stereocenters. The number of hydrogen-bond acceptors (Lipinski definition) is 4. The van der Waals surface area contributed by atoms with Crippen molar-refractivity contribution in [2.45, 2.75) is 25.9 Å². The predicted octanol–water partition coefficient (Wildman–Crippen LogP) is 1.79. The van der Waals surface area contributed by atoms with Gasteiger partial charge in [0, 0.05) is 12.1 Å². The highest BCUT2D eigenvalue weighted by Gasteiger charge is 2.18. The topological polar surface area (TPSA) is 58.7 Å². The summed E-state index contributed by atoms with van der Waals surface area (Å²) in [6, 6.07) is 7.31. The van der Waals surface area contributed by atoms with E-state index < -0.39 is 6.10 Å². The van der Waals surface area contributed by atoms with Crippen molar-refractivity contribution in [2.24, 2.45) is 11.7 Å². The summed E-state index contributed by atoms with van der Waals surface area (Å²) in [6.45, 7) is 5.41. The molecule has 1 aliphatic heterocycles. The maximum Gasteiger partial charge on any atom is 0.119 e. The number of benzene rings is 1. The van der Waals surface area contributed by atoms with Gasteiger partial charge in [0.05, 0.1) is 0 Å². The van der Waals surface area contributed by atoms with Gasteiger partial charge in [-0.3, -0.25) is 0 Å². The number of β-amino-alcohol motifs (C(OH)–C–C–N with tert-alkyl or cyclic N) is 1. The van der Waals surface area contributed by atoms with E-state index in [1.54, 1.807) is 0 Å². The van der Waals surface area contributed by atoms with Crippen molar-refractivity contribution < 1.29 is 9.84 Å². The molecule has 1 aromatic rings. The zero-order valence-corrected chi connectivity index (χ0v) is 13.3. The number of hydrogen-bond donors (Lipinski definition) is 2. The lowest BCUT2D eigenvalue weighted by atomic mass is 9.99. The fourth-order valence-corrected chi connectivity index (χ4v) is 2.64. The van der Waals surface area contributed by atoms with Gasteiger partial charge in [0.2, 0.25) is 0 Å². The van der Waals surface area contributed by atoms with Crippen LogP contribution in [0.5, 0.6) is 5.75 Å². The minimum Gasteiger partial charge on any atom is -0.491 e. The van der Waals surface area contributed by atoms with Gasteiger partial charge in [0.1, 0.15) is 23.4 Å². The average molecular weight is 308 g/mol. The molecule has 1 heterocycles. The van der Waals surface area contributed by atoms with Crippen LogP contribution in [0.1, 0.15) is 25.3 Å².